The van der Waals surface area contributed by atoms with Gasteiger partial charge in [-0.2, -0.15) is 0 Å². The van der Waals surface area contributed by atoms with Gasteiger partial charge in [0.1, 0.15) is 0 Å². The van der Waals surface area contributed by atoms with Crippen LogP contribution < -0.4 is 21.3 Å². The van der Waals surface area contributed by atoms with E-state index in [2.05, 4.69) is 31.3 Å². The average Bonchev–Trinajstić information content (AvgIpc) is 3.60. The number of halogens is 1. The van der Waals surface area contributed by atoms with E-state index in [1.165, 1.54) is 11.7 Å². The minimum absolute atomic E-state index is 0.0817. The average molecular weight is 505 g/mol. The van der Waals surface area contributed by atoms with Crippen molar-refractivity contribution in [3.63, 3.8) is 0 Å². The molecule has 0 aromatic carbocycles. The zero-order valence-corrected chi connectivity index (χ0v) is 21.5. The van der Waals surface area contributed by atoms with E-state index in [0.717, 1.165) is 77.5 Å². The van der Waals surface area contributed by atoms with Crippen molar-refractivity contribution in [1.82, 2.24) is 21.3 Å². The van der Waals surface area contributed by atoms with Crippen LogP contribution in [-0.2, 0) is 9.59 Å². The Morgan fingerprint density at radius 2 is 1.11 bits per heavy atom. The van der Waals surface area contributed by atoms with Gasteiger partial charge in [0.15, 0.2) is 0 Å². The minimum Gasteiger partial charge on any atom is -0.372 e. The van der Waals surface area contributed by atoms with Crippen LogP contribution in [0.5, 0.6) is 0 Å². The molecule has 0 radical (unpaired) electrons. The van der Waals surface area contributed by atoms with E-state index in [9.17, 15) is 9.59 Å². The molecule has 5 rings (SSSR count). The van der Waals surface area contributed by atoms with Crippen LogP contribution in [0.4, 0.5) is 0 Å². The first-order chi connectivity index (χ1) is 17.0. The number of alkyl halides is 1. The summed E-state index contributed by atoms with van der Waals surface area (Å²) in [6.07, 6.45) is 10.1. The van der Waals surface area contributed by atoms with Crippen molar-refractivity contribution in [3.8, 4) is 0 Å². The Morgan fingerprint density at radius 1 is 0.686 bits per heavy atom. The Hall–Kier alpha value is -1.83. The number of rotatable bonds is 6. The topological polar surface area (TPSA) is 107 Å². The molecule has 2 heterocycles. The second kappa shape index (κ2) is 11.5. The molecule has 5 aliphatic rings. The second-order valence-corrected chi connectivity index (χ2v) is 11.8. The lowest BCUT2D eigenvalue weighted by molar-refractivity contribution is -0.131. The van der Waals surface area contributed by atoms with Gasteiger partial charge < -0.3 is 21.3 Å². The molecule has 9 heteroatoms. The molecule has 0 aromatic rings. The third-order valence-corrected chi connectivity index (χ3v) is 9.07. The fourth-order valence-corrected chi connectivity index (χ4v) is 7.15. The van der Waals surface area contributed by atoms with Crippen LogP contribution in [0.25, 0.3) is 0 Å². The first-order valence-electron chi connectivity index (χ1n) is 13.9. The molecule has 3 fully saturated rings. The van der Waals surface area contributed by atoms with E-state index in [0.29, 0.717) is 31.1 Å². The van der Waals surface area contributed by atoms with Gasteiger partial charge in [0, 0.05) is 54.2 Å². The first kappa shape index (κ1) is 24.8. The number of carbonyl (C=O) groups is 2. The van der Waals surface area contributed by atoms with Crippen LogP contribution in [0.2, 0.25) is 0 Å². The molecule has 2 atom stereocenters. The third kappa shape index (κ3) is 6.30. The molecule has 0 spiro atoms. The van der Waals surface area contributed by atoms with Gasteiger partial charge in [-0.3, -0.25) is 19.6 Å². The fraction of sp³-hybridized carbons (Fsp3) is 0.846. The molecule has 2 unspecified atom stereocenters. The Kier molecular flexibility index (Phi) is 8.15. The summed E-state index contributed by atoms with van der Waals surface area (Å²) in [5.74, 6) is 3.16. The molecule has 194 valence electrons. The lowest BCUT2D eigenvalue weighted by Gasteiger charge is -2.35. The summed E-state index contributed by atoms with van der Waals surface area (Å²) in [6, 6.07) is 0.441. The molecular formula is C26H41ClN6O2. The lowest BCUT2D eigenvalue weighted by atomic mass is 9.79. The number of carbonyl (C=O) groups excluding carboxylic acids is 2. The highest BCUT2D eigenvalue weighted by Gasteiger charge is 2.38. The number of amidine groups is 2. The smallest absolute Gasteiger partial charge is 0.223 e. The Bertz CT molecular complexity index is 766. The fourth-order valence-electron chi connectivity index (χ4n) is 6.72. The summed E-state index contributed by atoms with van der Waals surface area (Å²) in [4.78, 5) is 35.4. The van der Waals surface area contributed by atoms with Crippen molar-refractivity contribution in [2.75, 3.05) is 26.2 Å². The summed E-state index contributed by atoms with van der Waals surface area (Å²) in [6.45, 7) is 3.68. The second-order valence-electron chi connectivity index (χ2n) is 11.2. The maximum Gasteiger partial charge on any atom is 0.223 e. The van der Waals surface area contributed by atoms with Crippen LogP contribution in [0, 0.1) is 23.7 Å². The summed E-state index contributed by atoms with van der Waals surface area (Å²) < 4.78 is 0. The molecule has 0 aromatic heterocycles. The normalized spacial score (nSPS) is 37.5. The van der Waals surface area contributed by atoms with Gasteiger partial charge in [-0.05, 0) is 70.6 Å². The van der Waals surface area contributed by atoms with Crippen LogP contribution >= 0.6 is 11.6 Å². The quantitative estimate of drug-likeness (QED) is 0.416. The highest BCUT2D eigenvalue weighted by Crippen LogP contribution is 2.34. The van der Waals surface area contributed by atoms with E-state index < -0.39 is 0 Å². The number of aliphatic imine (C=N–C) groups is 2. The van der Waals surface area contributed by atoms with Gasteiger partial charge >= 0.3 is 0 Å². The number of amides is 2. The first-order valence-corrected chi connectivity index (χ1v) is 14.3. The Balaban J connectivity index is 1.06. The van der Waals surface area contributed by atoms with E-state index in [1.54, 1.807) is 0 Å². The van der Waals surface area contributed by atoms with Gasteiger partial charge in [0.2, 0.25) is 11.8 Å². The van der Waals surface area contributed by atoms with Crippen LogP contribution in [0.3, 0.4) is 0 Å². The summed E-state index contributed by atoms with van der Waals surface area (Å²) >= 11 is 6.56. The molecule has 3 saturated carbocycles. The highest BCUT2D eigenvalue weighted by atomic mass is 35.5. The van der Waals surface area contributed by atoms with Crippen molar-refractivity contribution < 1.29 is 9.59 Å². The van der Waals surface area contributed by atoms with Crippen molar-refractivity contribution >= 4 is 35.1 Å². The van der Waals surface area contributed by atoms with Crippen LogP contribution in [-0.4, -0.2) is 67.1 Å². The highest BCUT2D eigenvalue weighted by molar-refractivity contribution is 6.21. The van der Waals surface area contributed by atoms with Gasteiger partial charge in [-0.15, -0.1) is 11.6 Å². The minimum atomic E-state index is -0.178. The van der Waals surface area contributed by atoms with E-state index in [4.69, 9.17) is 11.6 Å². The summed E-state index contributed by atoms with van der Waals surface area (Å²) in [5.41, 5.74) is 0. The zero-order chi connectivity index (χ0) is 24.2. The monoisotopic (exact) mass is 504 g/mol. The molecular weight excluding hydrogens is 464 g/mol. The predicted molar refractivity (Wildman–Crippen MR) is 139 cm³/mol. The number of hydrogen-bond acceptors (Lipinski definition) is 6. The maximum absolute atomic E-state index is 13.1. The molecule has 2 aliphatic heterocycles. The Labute approximate surface area is 213 Å². The summed E-state index contributed by atoms with van der Waals surface area (Å²) in [7, 11) is 0. The predicted octanol–water partition coefficient (Wildman–Crippen LogP) is 2.36. The number of nitrogens with one attached hydrogen (secondary N) is 4. The van der Waals surface area contributed by atoms with Gasteiger partial charge in [-0.1, -0.05) is 0 Å². The van der Waals surface area contributed by atoms with Crippen molar-refractivity contribution in [1.29, 1.82) is 0 Å². The molecule has 2 amide bonds. The number of hydrogen-bond donors (Lipinski definition) is 4. The standard InChI is InChI=1S/C26H41ClN6O2/c27-20-14-18(25(34)32-21-5-1-16(2-6-21)23-28-9-10-29-23)13-19(15-20)26(35)33-22-7-3-17(4-8-22)24-30-11-12-31-24/h16-22H,1-15H2,(H,28,29)(H,30,31)(H,32,34)(H,33,35). The van der Waals surface area contributed by atoms with Crippen molar-refractivity contribution in [2.45, 2.75) is 88.1 Å². The maximum atomic E-state index is 13.1. The summed E-state index contributed by atoms with van der Waals surface area (Å²) in [5, 5.41) is 13.2. The number of nitrogens with zero attached hydrogens (tertiary/aromatic N) is 2. The molecule has 35 heavy (non-hydrogen) atoms. The van der Waals surface area contributed by atoms with Crippen molar-refractivity contribution in [3.05, 3.63) is 0 Å². The van der Waals surface area contributed by atoms with Crippen LogP contribution in [0.15, 0.2) is 9.98 Å². The lowest BCUT2D eigenvalue weighted by Crippen LogP contribution is -2.47. The largest absolute Gasteiger partial charge is 0.372 e. The van der Waals surface area contributed by atoms with Crippen molar-refractivity contribution in [2.24, 2.45) is 33.7 Å². The van der Waals surface area contributed by atoms with Gasteiger partial charge in [-0.25, -0.2) is 0 Å². The van der Waals surface area contributed by atoms with Crippen LogP contribution in [0.1, 0.15) is 70.6 Å². The molecule has 8 nitrogen and oxygen atoms in total. The molecule has 0 saturated heterocycles. The van der Waals surface area contributed by atoms with Gasteiger partial charge in [0.05, 0.1) is 24.8 Å². The Morgan fingerprint density at radius 3 is 1.49 bits per heavy atom. The van der Waals surface area contributed by atoms with E-state index in [1.807, 2.05) is 0 Å². The van der Waals surface area contributed by atoms with E-state index in [-0.39, 0.29) is 41.1 Å². The zero-order valence-electron chi connectivity index (χ0n) is 20.7. The molecule has 0 bridgehead atoms. The third-order valence-electron chi connectivity index (χ3n) is 8.71. The van der Waals surface area contributed by atoms with E-state index >= 15 is 0 Å². The molecule has 3 aliphatic carbocycles. The van der Waals surface area contributed by atoms with Gasteiger partial charge in [0.25, 0.3) is 0 Å². The molecule has 4 N–H and O–H groups in total. The SMILES string of the molecule is O=C(NC1CCC(C2=NCCN2)CC1)C1CC(Cl)CC(C(=O)NC2CCC(C3=NCCN3)CC2)C1.